The maximum absolute atomic E-state index is 13.0. The van der Waals surface area contributed by atoms with E-state index in [1.807, 2.05) is 0 Å². The van der Waals surface area contributed by atoms with E-state index in [0.29, 0.717) is 30.8 Å². The molecule has 2 nitrogen and oxygen atoms in total. The van der Waals surface area contributed by atoms with Gasteiger partial charge >= 0.3 is 0 Å². The highest BCUT2D eigenvalue weighted by atomic mass is 35.5. The lowest BCUT2D eigenvalue weighted by molar-refractivity contribution is 0.0973. The molecule has 0 fully saturated rings. The van der Waals surface area contributed by atoms with E-state index in [2.05, 4.69) is 0 Å². The van der Waals surface area contributed by atoms with Crippen LogP contribution in [0.3, 0.4) is 0 Å². The molecule has 0 saturated heterocycles. The summed E-state index contributed by atoms with van der Waals surface area (Å²) in [6.45, 7) is 0.314. The second-order valence-electron chi connectivity index (χ2n) is 4.46. The largest absolute Gasteiger partial charge is 0.494 e. The third-order valence-electron chi connectivity index (χ3n) is 2.87. The Labute approximate surface area is 126 Å². The molecule has 0 aliphatic heterocycles. The molecule has 110 valence electrons. The van der Waals surface area contributed by atoms with Gasteiger partial charge in [-0.2, -0.15) is 0 Å². The molecule has 0 aliphatic rings. The molecule has 0 heterocycles. The Hall–Kier alpha value is -1.94. The van der Waals surface area contributed by atoms with Crippen molar-refractivity contribution in [3.8, 4) is 5.75 Å². The minimum Gasteiger partial charge on any atom is -0.494 e. The first-order valence-corrected chi connectivity index (χ1v) is 6.80. The van der Waals surface area contributed by atoms with Gasteiger partial charge in [0, 0.05) is 18.1 Å². The Morgan fingerprint density at radius 2 is 1.81 bits per heavy atom. The second-order valence-corrected chi connectivity index (χ2v) is 4.87. The molecular weight excluding hydrogens is 298 g/mol. The van der Waals surface area contributed by atoms with Gasteiger partial charge in [0.15, 0.2) is 5.78 Å². The Bertz CT molecular complexity index is 627. The minimum atomic E-state index is -0.504. The number of halogens is 3. The molecule has 21 heavy (non-hydrogen) atoms. The van der Waals surface area contributed by atoms with Crippen molar-refractivity contribution in [1.82, 2.24) is 0 Å². The number of hydrogen-bond acceptors (Lipinski definition) is 2. The van der Waals surface area contributed by atoms with Crippen molar-refractivity contribution in [2.75, 3.05) is 6.61 Å². The van der Waals surface area contributed by atoms with Gasteiger partial charge in [-0.15, -0.1) is 0 Å². The first kappa shape index (κ1) is 15.4. The fraction of sp³-hybridized carbons (Fsp3) is 0.188. The van der Waals surface area contributed by atoms with Gasteiger partial charge < -0.3 is 4.74 Å². The number of carbonyl (C=O) groups excluding carboxylic acids is 1. The predicted molar refractivity (Wildman–Crippen MR) is 76.9 cm³/mol. The van der Waals surface area contributed by atoms with Crippen molar-refractivity contribution in [2.24, 2.45) is 0 Å². The van der Waals surface area contributed by atoms with E-state index >= 15 is 0 Å². The SMILES string of the molecule is O=C(CCCOc1ccc(F)c(Cl)c1)c1ccc(F)cc1. The predicted octanol–water partition coefficient (Wildman–Crippen LogP) is 4.66. The number of Topliss-reactive ketones (excluding diaryl/α,β-unsaturated/α-hetero) is 1. The molecule has 0 spiro atoms. The van der Waals surface area contributed by atoms with Gasteiger partial charge in [0.25, 0.3) is 0 Å². The number of benzene rings is 2. The summed E-state index contributed by atoms with van der Waals surface area (Å²) < 4.78 is 31.1. The van der Waals surface area contributed by atoms with Gasteiger partial charge in [0.2, 0.25) is 0 Å². The molecule has 5 heteroatoms. The van der Waals surface area contributed by atoms with E-state index in [1.165, 1.54) is 42.5 Å². The lowest BCUT2D eigenvalue weighted by atomic mass is 10.1. The number of ketones is 1. The summed E-state index contributed by atoms with van der Waals surface area (Å²) in [6, 6.07) is 9.51. The molecular formula is C16H13ClF2O2. The van der Waals surface area contributed by atoms with Crippen LogP contribution in [0, 0.1) is 11.6 Å². The zero-order valence-corrected chi connectivity index (χ0v) is 11.9. The smallest absolute Gasteiger partial charge is 0.163 e. The van der Waals surface area contributed by atoms with E-state index in [4.69, 9.17) is 16.3 Å². The van der Waals surface area contributed by atoms with Crippen molar-refractivity contribution in [1.29, 1.82) is 0 Å². The standard InChI is InChI=1S/C16H13ClF2O2/c17-14-10-13(7-8-15(14)19)21-9-1-2-16(20)11-3-5-12(18)6-4-11/h3-8,10H,1-2,9H2. The van der Waals surface area contributed by atoms with Crippen LogP contribution < -0.4 is 4.74 Å². The molecule has 2 rings (SSSR count). The summed E-state index contributed by atoms with van der Waals surface area (Å²) in [4.78, 5) is 11.8. The van der Waals surface area contributed by atoms with Crippen LogP contribution in [0.4, 0.5) is 8.78 Å². The molecule has 0 aromatic heterocycles. The highest BCUT2D eigenvalue weighted by Gasteiger charge is 2.06. The molecule has 0 radical (unpaired) electrons. The summed E-state index contributed by atoms with van der Waals surface area (Å²) >= 11 is 5.63. The van der Waals surface area contributed by atoms with Gasteiger partial charge in [-0.05, 0) is 42.8 Å². The van der Waals surface area contributed by atoms with E-state index in [0.717, 1.165) is 0 Å². The number of hydrogen-bond donors (Lipinski definition) is 0. The van der Waals surface area contributed by atoms with Gasteiger partial charge in [-0.25, -0.2) is 8.78 Å². The van der Waals surface area contributed by atoms with E-state index < -0.39 is 5.82 Å². The van der Waals surface area contributed by atoms with Crippen molar-refractivity contribution in [2.45, 2.75) is 12.8 Å². The first-order chi connectivity index (χ1) is 10.1. The Kier molecular flexibility index (Phi) is 5.28. The van der Waals surface area contributed by atoms with Crippen molar-refractivity contribution in [3.05, 3.63) is 64.7 Å². The quantitative estimate of drug-likeness (QED) is 0.573. The summed E-state index contributed by atoms with van der Waals surface area (Å²) in [7, 11) is 0. The van der Waals surface area contributed by atoms with Crippen LogP contribution in [-0.2, 0) is 0 Å². The molecule has 2 aromatic carbocycles. The van der Waals surface area contributed by atoms with Crippen LogP contribution >= 0.6 is 11.6 Å². The topological polar surface area (TPSA) is 26.3 Å². The highest BCUT2D eigenvalue weighted by molar-refractivity contribution is 6.30. The third-order valence-corrected chi connectivity index (χ3v) is 3.16. The Balaban J connectivity index is 1.77. The fourth-order valence-corrected chi connectivity index (χ4v) is 1.94. The monoisotopic (exact) mass is 310 g/mol. The molecule has 0 aliphatic carbocycles. The maximum Gasteiger partial charge on any atom is 0.163 e. The van der Waals surface area contributed by atoms with E-state index in [-0.39, 0.29) is 16.6 Å². The van der Waals surface area contributed by atoms with Crippen LogP contribution in [0.15, 0.2) is 42.5 Å². The molecule has 2 aromatic rings. The summed E-state index contributed by atoms with van der Waals surface area (Å²) in [6.07, 6.45) is 0.797. The first-order valence-electron chi connectivity index (χ1n) is 6.43. The molecule has 0 N–H and O–H groups in total. The van der Waals surface area contributed by atoms with Gasteiger partial charge in [-0.1, -0.05) is 11.6 Å². The zero-order valence-electron chi connectivity index (χ0n) is 11.1. The second kappa shape index (κ2) is 7.18. The van der Waals surface area contributed by atoms with Crippen molar-refractivity contribution < 1.29 is 18.3 Å². The number of carbonyl (C=O) groups is 1. The molecule has 0 unspecified atom stereocenters. The summed E-state index contributed by atoms with van der Waals surface area (Å²) in [5, 5.41) is -0.00473. The van der Waals surface area contributed by atoms with E-state index in [9.17, 15) is 13.6 Å². The normalized spacial score (nSPS) is 10.4. The zero-order chi connectivity index (χ0) is 15.2. The van der Waals surface area contributed by atoms with Gasteiger partial charge in [0.05, 0.1) is 11.6 Å². The fourth-order valence-electron chi connectivity index (χ4n) is 1.77. The Morgan fingerprint density at radius 3 is 2.48 bits per heavy atom. The van der Waals surface area contributed by atoms with Crippen LogP contribution in [0.1, 0.15) is 23.2 Å². The lowest BCUT2D eigenvalue weighted by Gasteiger charge is -2.06. The molecule has 0 bridgehead atoms. The lowest BCUT2D eigenvalue weighted by Crippen LogP contribution is -2.04. The average molecular weight is 311 g/mol. The summed E-state index contributed by atoms with van der Waals surface area (Å²) in [5.74, 6) is -0.495. The van der Waals surface area contributed by atoms with Crippen LogP contribution in [0.2, 0.25) is 5.02 Å². The van der Waals surface area contributed by atoms with E-state index in [1.54, 1.807) is 0 Å². The average Bonchev–Trinajstić information content (AvgIpc) is 2.47. The van der Waals surface area contributed by atoms with Crippen LogP contribution in [-0.4, -0.2) is 12.4 Å². The highest BCUT2D eigenvalue weighted by Crippen LogP contribution is 2.21. The van der Waals surface area contributed by atoms with Gasteiger partial charge in [0.1, 0.15) is 17.4 Å². The van der Waals surface area contributed by atoms with Crippen molar-refractivity contribution >= 4 is 17.4 Å². The molecule has 0 atom stereocenters. The molecule has 0 amide bonds. The molecule has 0 saturated carbocycles. The maximum atomic E-state index is 13.0. The minimum absolute atomic E-state index is 0.00473. The van der Waals surface area contributed by atoms with Crippen LogP contribution in [0.25, 0.3) is 0 Å². The number of ether oxygens (including phenoxy) is 1. The van der Waals surface area contributed by atoms with Crippen LogP contribution in [0.5, 0.6) is 5.75 Å². The summed E-state index contributed by atoms with van der Waals surface area (Å²) in [5.41, 5.74) is 0.473. The number of rotatable bonds is 6. The van der Waals surface area contributed by atoms with Gasteiger partial charge in [-0.3, -0.25) is 4.79 Å². The van der Waals surface area contributed by atoms with Crippen molar-refractivity contribution in [3.63, 3.8) is 0 Å². The third kappa shape index (κ3) is 4.53. The Morgan fingerprint density at radius 1 is 1.10 bits per heavy atom.